The molecule has 0 aliphatic rings. The van der Waals surface area contributed by atoms with Crippen molar-refractivity contribution < 1.29 is 27.5 Å². The monoisotopic (exact) mass is 523 g/mol. The van der Waals surface area contributed by atoms with Crippen LogP contribution in [0.1, 0.15) is 16.1 Å². The fourth-order valence-corrected chi connectivity index (χ4v) is 4.85. The number of halogens is 4. The summed E-state index contributed by atoms with van der Waals surface area (Å²) in [5.41, 5.74) is -0.272. The van der Waals surface area contributed by atoms with Gasteiger partial charge in [0.2, 0.25) is 0 Å². The average molecular weight is 524 g/mol. The van der Waals surface area contributed by atoms with Crippen LogP contribution in [-0.2, 0) is 6.54 Å². The summed E-state index contributed by atoms with van der Waals surface area (Å²) in [6.07, 6.45) is 2.66. The number of nitrogens with zero attached hydrogens (tertiary/aromatic N) is 2. The van der Waals surface area contributed by atoms with Gasteiger partial charge in [-0.3, -0.25) is 4.79 Å². The summed E-state index contributed by atoms with van der Waals surface area (Å²) in [7, 11) is 0. The number of carboxylic acids is 1. The van der Waals surface area contributed by atoms with E-state index >= 15 is 4.39 Å². The highest BCUT2D eigenvalue weighted by molar-refractivity contribution is 6.30. The Morgan fingerprint density at radius 1 is 1.11 bits per heavy atom. The SMILES string of the molecule is O=C(O)c1c(-c2ccc[nH]c2=O)c2c3occc3c(F)cc2n1Cc1cc2cc(F)c(F)cc2nc1Cl. The Kier molecular flexibility index (Phi) is 5.09. The number of fused-ring (bicyclic) bond motifs is 4. The third-order valence-corrected chi connectivity index (χ3v) is 6.55. The molecule has 0 aliphatic carbocycles. The van der Waals surface area contributed by atoms with Crippen molar-refractivity contribution in [2.24, 2.45) is 0 Å². The molecule has 0 bridgehead atoms. The number of carbonyl (C=O) groups is 1. The summed E-state index contributed by atoms with van der Waals surface area (Å²) in [6, 6.07) is 8.83. The summed E-state index contributed by atoms with van der Waals surface area (Å²) in [5.74, 6) is -4.24. The maximum absolute atomic E-state index is 15.1. The highest BCUT2D eigenvalue weighted by atomic mass is 35.5. The van der Waals surface area contributed by atoms with E-state index < -0.39 is 29.0 Å². The first-order valence-corrected chi connectivity index (χ1v) is 11.2. The Bertz CT molecular complexity index is 1980. The minimum atomic E-state index is -1.40. The van der Waals surface area contributed by atoms with E-state index in [2.05, 4.69) is 9.97 Å². The van der Waals surface area contributed by atoms with Crippen molar-refractivity contribution in [3.05, 3.63) is 99.1 Å². The number of hydrogen-bond donors (Lipinski definition) is 2. The number of pyridine rings is 2. The number of aromatic nitrogens is 3. The Hall–Kier alpha value is -4.57. The van der Waals surface area contributed by atoms with Crippen molar-refractivity contribution in [1.82, 2.24) is 14.5 Å². The van der Waals surface area contributed by atoms with Gasteiger partial charge < -0.3 is 19.1 Å². The molecule has 2 aromatic carbocycles. The molecule has 0 saturated heterocycles. The van der Waals surface area contributed by atoms with Gasteiger partial charge in [0.15, 0.2) is 11.6 Å². The van der Waals surface area contributed by atoms with Crippen LogP contribution in [0.3, 0.4) is 0 Å². The van der Waals surface area contributed by atoms with Gasteiger partial charge in [0.1, 0.15) is 22.2 Å². The lowest BCUT2D eigenvalue weighted by Crippen LogP contribution is -2.14. The van der Waals surface area contributed by atoms with E-state index in [9.17, 15) is 23.5 Å². The second-order valence-electron chi connectivity index (χ2n) is 8.34. The molecule has 7 nitrogen and oxygen atoms in total. The second-order valence-corrected chi connectivity index (χ2v) is 8.70. The number of aromatic amines is 1. The van der Waals surface area contributed by atoms with Crippen LogP contribution in [0, 0.1) is 17.5 Å². The van der Waals surface area contributed by atoms with Gasteiger partial charge in [-0.2, -0.15) is 0 Å². The van der Waals surface area contributed by atoms with E-state index in [1.54, 1.807) is 0 Å². The summed E-state index contributed by atoms with van der Waals surface area (Å²) in [6.45, 7) is -0.241. The number of carboxylic acid groups (broad SMARTS) is 1. The summed E-state index contributed by atoms with van der Waals surface area (Å²) < 4.78 is 49.4. The van der Waals surface area contributed by atoms with E-state index in [1.165, 1.54) is 41.3 Å². The minimum Gasteiger partial charge on any atom is -0.477 e. The smallest absolute Gasteiger partial charge is 0.353 e. The van der Waals surface area contributed by atoms with Gasteiger partial charge in [-0.15, -0.1) is 0 Å². The first kappa shape index (κ1) is 22.9. The molecule has 11 heteroatoms. The molecule has 0 atom stereocenters. The molecule has 0 fully saturated rings. The quantitative estimate of drug-likeness (QED) is 0.272. The number of H-pyrrole nitrogens is 1. The number of hydrogen-bond acceptors (Lipinski definition) is 4. The van der Waals surface area contributed by atoms with Gasteiger partial charge >= 0.3 is 5.97 Å². The summed E-state index contributed by atoms with van der Waals surface area (Å²) in [5, 5.41) is 10.7. The van der Waals surface area contributed by atoms with Crippen LogP contribution in [0.15, 0.2) is 64.1 Å². The van der Waals surface area contributed by atoms with Crippen molar-refractivity contribution >= 4 is 50.3 Å². The van der Waals surface area contributed by atoms with E-state index in [4.69, 9.17) is 16.0 Å². The zero-order valence-electron chi connectivity index (χ0n) is 18.5. The van der Waals surface area contributed by atoms with Crippen molar-refractivity contribution in [3.63, 3.8) is 0 Å². The van der Waals surface area contributed by atoms with Gasteiger partial charge in [-0.05, 0) is 36.4 Å². The Labute approximate surface area is 209 Å². The molecule has 6 rings (SSSR count). The van der Waals surface area contributed by atoms with Crippen molar-refractivity contribution in [2.75, 3.05) is 0 Å². The number of aromatic carboxylic acids is 1. The molecule has 0 spiro atoms. The normalized spacial score (nSPS) is 11.7. The molecule has 4 heterocycles. The maximum Gasteiger partial charge on any atom is 0.353 e. The van der Waals surface area contributed by atoms with Crippen LogP contribution in [0.2, 0.25) is 5.15 Å². The van der Waals surface area contributed by atoms with E-state index in [-0.39, 0.29) is 66.9 Å². The first-order chi connectivity index (χ1) is 17.7. The van der Waals surface area contributed by atoms with E-state index in [1.807, 2.05) is 0 Å². The Balaban J connectivity index is 1.71. The third kappa shape index (κ3) is 3.48. The van der Waals surface area contributed by atoms with Gasteiger partial charge in [0, 0.05) is 28.8 Å². The molecule has 2 N–H and O–H groups in total. The van der Waals surface area contributed by atoms with Crippen LogP contribution in [0.5, 0.6) is 0 Å². The van der Waals surface area contributed by atoms with Crippen molar-refractivity contribution in [1.29, 1.82) is 0 Å². The number of nitrogens with one attached hydrogen (secondary N) is 1. The second kappa shape index (κ2) is 8.24. The largest absolute Gasteiger partial charge is 0.477 e. The van der Waals surface area contributed by atoms with Gasteiger partial charge in [-0.25, -0.2) is 22.9 Å². The van der Waals surface area contributed by atoms with Gasteiger partial charge in [0.05, 0.1) is 40.2 Å². The molecule has 0 amide bonds. The number of benzene rings is 2. The van der Waals surface area contributed by atoms with Gasteiger partial charge in [-0.1, -0.05) is 11.6 Å². The lowest BCUT2D eigenvalue weighted by Gasteiger charge is -2.12. The summed E-state index contributed by atoms with van der Waals surface area (Å²) >= 11 is 6.35. The van der Waals surface area contributed by atoms with Crippen molar-refractivity contribution in [2.45, 2.75) is 6.54 Å². The molecule has 184 valence electrons. The molecule has 0 radical (unpaired) electrons. The number of furan rings is 1. The predicted molar refractivity (Wildman–Crippen MR) is 130 cm³/mol. The molecular weight excluding hydrogens is 511 g/mol. The molecular formula is C26H13ClF3N3O4. The lowest BCUT2D eigenvalue weighted by molar-refractivity contribution is 0.0687. The minimum absolute atomic E-state index is 0.0299. The maximum atomic E-state index is 15.1. The van der Waals surface area contributed by atoms with Crippen molar-refractivity contribution in [3.8, 4) is 11.1 Å². The van der Waals surface area contributed by atoms with Crippen LogP contribution in [-0.4, -0.2) is 25.6 Å². The fraction of sp³-hybridized carbons (Fsp3) is 0.0385. The third-order valence-electron chi connectivity index (χ3n) is 6.22. The average Bonchev–Trinajstić information content (AvgIpc) is 3.45. The zero-order valence-corrected chi connectivity index (χ0v) is 19.2. The summed E-state index contributed by atoms with van der Waals surface area (Å²) in [4.78, 5) is 32.0. The standard InChI is InChI=1S/C26H13ClF3N3O4/c27-24-12(6-11-7-16(29)17(30)8-18(11)32-24)10-33-19-9-15(28)13-3-5-37-23(13)21(19)20(22(33)26(35)36)14-2-1-4-31-25(14)34/h1-9H,10H2,(H,31,34)(H,35,36). The van der Waals surface area contributed by atoms with E-state index in [0.717, 1.165) is 18.2 Å². The first-order valence-electron chi connectivity index (χ1n) is 10.8. The fourth-order valence-electron chi connectivity index (χ4n) is 4.64. The van der Waals surface area contributed by atoms with Crippen LogP contribution < -0.4 is 5.56 Å². The van der Waals surface area contributed by atoms with Gasteiger partial charge in [0.25, 0.3) is 5.56 Å². The predicted octanol–water partition coefficient (Wildman–Crippen LogP) is 6.11. The van der Waals surface area contributed by atoms with Crippen LogP contribution in [0.25, 0.3) is 43.9 Å². The molecule has 6 aromatic rings. The van der Waals surface area contributed by atoms with Crippen LogP contribution >= 0.6 is 11.6 Å². The topological polar surface area (TPSA) is 101 Å². The molecule has 4 aromatic heterocycles. The highest BCUT2D eigenvalue weighted by Crippen LogP contribution is 2.40. The highest BCUT2D eigenvalue weighted by Gasteiger charge is 2.29. The molecule has 0 saturated carbocycles. The molecule has 37 heavy (non-hydrogen) atoms. The molecule has 0 aliphatic heterocycles. The molecule has 0 unspecified atom stereocenters. The lowest BCUT2D eigenvalue weighted by atomic mass is 10.0. The van der Waals surface area contributed by atoms with E-state index in [0.29, 0.717) is 0 Å². The zero-order chi connectivity index (χ0) is 26.0. The number of rotatable bonds is 4. The Morgan fingerprint density at radius 2 is 1.89 bits per heavy atom. The van der Waals surface area contributed by atoms with Crippen LogP contribution in [0.4, 0.5) is 13.2 Å². The Morgan fingerprint density at radius 3 is 2.65 bits per heavy atom.